The molecule has 0 saturated carbocycles. The van der Waals surface area contributed by atoms with Crippen LogP contribution in [0.5, 0.6) is 5.75 Å². The number of para-hydroxylation sites is 1. The lowest BCUT2D eigenvalue weighted by molar-refractivity contribution is -0.134. The summed E-state index contributed by atoms with van der Waals surface area (Å²) in [5.74, 6) is 0.922. The number of rotatable bonds is 8. The molecular formula is C31H36N2O3. The molecule has 2 atom stereocenters. The molecule has 2 unspecified atom stereocenters. The summed E-state index contributed by atoms with van der Waals surface area (Å²) in [6, 6.07) is 23.7. The van der Waals surface area contributed by atoms with Gasteiger partial charge in [0.2, 0.25) is 5.91 Å². The van der Waals surface area contributed by atoms with Gasteiger partial charge in [0.15, 0.2) is 6.10 Å². The minimum Gasteiger partial charge on any atom is -0.481 e. The quantitative estimate of drug-likeness (QED) is 0.408. The van der Waals surface area contributed by atoms with E-state index < -0.39 is 6.10 Å². The lowest BCUT2D eigenvalue weighted by atomic mass is 9.87. The molecule has 3 aromatic rings. The van der Waals surface area contributed by atoms with Crippen LogP contribution in [-0.2, 0) is 16.0 Å². The highest BCUT2D eigenvalue weighted by Gasteiger charge is 2.33. The largest absolute Gasteiger partial charge is 0.481 e. The van der Waals surface area contributed by atoms with Crippen LogP contribution in [0.3, 0.4) is 0 Å². The number of nitrogens with one attached hydrogen (secondary N) is 1. The Morgan fingerprint density at radius 2 is 1.75 bits per heavy atom. The Bertz CT molecular complexity index is 1190. The highest BCUT2D eigenvalue weighted by Crippen LogP contribution is 2.38. The second-order valence-electron chi connectivity index (χ2n) is 9.98. The van der Waals surface area contributed by atoms with Crippen molar-refractivity contribution in [3.63, 3.8) is 0 Å². The van der Waals surface area contributed by atoms with Gasteiger partial charge in [-0.2, -0.15) is 0 Å². The molecule has 0 fully saturated rings. The van der Waals surface area contributed by atoms with Crippen molar-refractivity contribution >= 4 is 17.5 Å². The van der Waals surface area contributed by atoms with Crippen LogP contribution in [0.25, 0.3) is 0 Å². The van der Waals surface area contributed by atoms with Crippen molar-refractivity contribution in [2.75, 3.05) is 11.9 Å². The van der Waals surface area contributed by atoms with E-state index in [1.54, 1.807) is 0 Å². The number of ether oxygens (including phenoxy) is 1. The Hall–Kier alpha value is -3.60. The lowest BCUT2D eigenvalue weighted by Gasteiger charge is -2.38. The van der Waals surface area contributed by atoms with E-state index in [9.17, 15) is 9.59 Å². The molecule has 0 aromatic heterocycles. The van der Waals surface area contributed by atoms with Crippen LogP contribution < -0.4 is 10.1 Å². The molecule has 0 aliphatic carbocycles. The van der Waals surface area contributed by atoms with E-state index in [1.807, 2.05) is 54.3 Å². The Balaban J connectivity index is 1.63. The molecule has 188 valence electrons. The molecule has 2 amide bonds. The van der Waals surface area contributed by atoms with E-state index >= 15 is 0 Å². The van der Waals surface area contributed by atoms with E-state index in [-0.39, 0.29) is 17.9 Å². The van der Waals surface area contributed by atoms with Gasteiger partial charge in [-0.05, 0) is 66.6 Å². The molecular weight excluding hydrogens is 448 g/mol. The average Bonchev–Trinajstić information content (AvgIpc) is 2.87. The van der Waals surface area contributed by atoms with Crippen LogP contribution in [0.15, 0.2) is 72.8 Å². The predicted molar refractivity (Wildman–Crippen MR) is 144 cm³/mol. The Kier molecular flexibility index (Phi) is 8.09. The third-order valence-corrected chi connectivity index (χ3v) is 6.62. The van der Waals surface area contributed by atoms with Crippen molar-refractivity contribution in [3.05, 3.63) is 95.1 Å². The van der Waals surface area contributed by atoms with Gasteiger partial charge in [0.05, 0.1) is 6.04 Å². The molecule has 1 N–H and O–H groups in total. The fourth-order valence-corrected chi connectivity index (χ4v) is 4.74. The first-order valence-electron chi connectivity index (χ1n) is 12.9. The van der Waals surface area contributed by atoms with Crippen molar-refractivity contribution in [3.8, 4) is 5.75 Å². The number of anilines is 1. The van der Waals surface area contributed by atoms with Gasteiger partial charge in [-0.1, -0.05) is 74.9 Å². The van der Waals surface area contributed by atoms with Crippen LogP contribution in [0.2, 0.25) is 0 Å². The zero-order valence-corrected chi connectivity index (χ0v) is 21.7. The fourth-order valence-electron chi connectivity index (χ4n) is 4.74. The second kappa shape index (κ2) is 11.4. The van der Waals surface area contributed by atoms with Gasteiger partial charge < -0.3 is 15.0 Å². The van der Waals surface area contributed by atoms with E-state index in [4.69, 9.17) is 4.74 Å². The smallest absolute Gasteiger partial charge is 0.265 e. The summed E-state index contributed by atoms with van der Waals surface area (Å²) in [5, 5.41) is 2.94. The van der Waals surface area contributed by atoms with Gasteiger partial charge in [-0.3, -0.25) is 9.59 Å². The van der Waals surface area contributed by atoms with Crippen molar-refractivity contribution in [1.29, 1.82) is 0 Å². The first-order chi connectivity index (χ1) is 17.4. The number of fused-ring (bicyclic) bond motifs is 1. The maximum Gasteiger partial charge on any atom is 0.265 e. The van der Waals surface area contributed by atoms with Gasteiger partial charge in [-0.25, -0.2) is 0 Å². The highest BCUT2D eigenvalue weighted by atomic mass is 16.5. The molecule has 5 heteroatoms. The van der Waals surface area contributed by atoms with Gasteiger partial charge in [0, 0.05) is 18.7 Å². The first kappa shape index (κ1) is 25.5. The van der Waals surface area contributed by atoms with Crippen LogP contribution in [0.1, 0.15) is 61.9 Å². The van der Waals surface area contributed by atoms with Gasteiger partial charge in [0.25, 0.3) is 5.91 Å². The summed E-state index contributed by atoms with van der Waals surface area (Å²) in [6.45, 7) is 8.85. The molecule has 0 spiro atoms. The third-order valence-electron chi connectivity index (χ3n) is 6.62. The molecule has 1 aliphatic heterocycles. The lowest BCUT2D eigenvalue weighted by Crippen LogP contribution is -2.41. The molecule has 4 rings (SSSR count). The monoisotopic (exact) mass is 484 g/mol. The summed E-state index contributed by atoms with van der Waals surface area (Å²) in [6.07, 6.45) is 1.23. The van der Waals surface area contributed by atoms with Gasteiger partial charge in [-0.15, -0.1) is 0 Å². The molecule has 36 heavy (non-hydrogen) atoms. The Morgan fingerprint density at radius 1 is 1.03 bits per heavy atom. The van der Waals surface area contributed by atoms with Crippen LogP contribution in [0.4, 0.5) is 5.69 Å². The van der Waals surface area contributed by atoms with Crippen LogP contribution in [-0.4, -0.2) is 29.4 Å². The number of benzene rings is 3. The standard InChI is InChI=1S/C31H36N2O3/c1-5-28(31(35)32-25-9-7-6-8-10-25)36-26-16-15-23-17-18-33(29(34)19-21(2)3)30(27(23)20-26)24-13-11-22(4)12-14-24/h6-16,20-21,28,30H,5,17-19H2,1-4H3,(H,32,35). The molecule has 0 saturated heterocycles. The summed E-state index contributed by atoms with van der Waals surface area (Å²) in [7, 11) is 0. The SMILES string of the molecule is CCC(Oc1ccc2c(c1)C(c1ccc(C)cc1)N(C(=O)CC(C)C)CC2)C(=O)Nc1ccccc1. The normalized spacial score (nSPS) is 15.8. The summed E-state index contributed by atoms with van der Waals surface area (Å²) in [4.78, 5) is 28.2. The topological polar surface area (TPSA) is 58.6 Å². The number of aryl methyl sites for hydroxylation is 1. The van der Waals surface area contributed by atoms with Crippen LogP contribution >= 0.6 is 0 Å². The molecule has 0 bridgehead atoms. The maximum atomic E-state index is 13.3. The number of hydrogen-bond acceptors (Lipinski definition) is 3. The Morgan fingerprint density at radius 3 is 2.42 bits per heavy atom. The summed E-state index contributed by atoms with van der Waals surface area (Å²) < 4.78 is 6.21. The average molecular weight is 485 g/mol. The molecule has 3 aromatic carbocycles. The minimum absolute atomic E-state index is 0.168. The van der Waals surface area contributed by atoms with Gasteiger partial charge >= 0.3 is 0 Å². The second-order valence-corrected chi connectivity index (χ2v) is 9.98. The summed E-state index contributed by atoms with van der Waals surface area (Å²) >= 11 is 0. The van der Waals surface area contributed by atoms with Gasteiger partial charge in [0.1, 0.15) is 5.75 Å². The van der Waals surface area contributed by atoms with Crippen molar-refractivity contribution in [1.82, 2.24) is 4.90 Å². The third kappa shape index (κ3) is 5.96. The number of hydrogen-bond donors (Lipinski definition) is 1. The predicted octanol–water partition coefficient (Wildman–Crippen LogP) is 6.31. The van der Waals surface area contributed by atoms with E-state index in [2.05, 4.69) is 56.4 Å². The van der Waals surface area contributed by atoms with Crippen molar-refractivity contribution < 1.29 is 14.3 Å². The number of amides is 2. The molecule has 5 nitrogen and oxygen atoms in total. The van der Waals surface area contributed by atoms with E-state index in [1.165, 1.54) is 11.1 Å². The maximum absolute atomic E-state index is 13.3. The first-order valence-corrected chi connectivity index (χ1v) is 12.9. The van der Waals surface area contributed by atoms with Crippen molar-refractivity contribution in [2.45, 2.75) is 59.1 Å². The highest BCUT2D eigenvalue weighted by molar-refractivity contribution is 5.94. The van der Waals surface area contributed by atoms with E-state index in [0.29, 0.717) is 31.1 Å². The zero-order valence-electron chi connectivity index (χ0n) is 21.7. The van der Waals surface area contributed by atoms with Crippen LogP contribution in [0, 0.1) is 12.8 Å². The number of nitrogens with zero attached hydrogens (tertiary/aromatic N) is 1. The van der Waals surface area contributed by atoms with Crippen molar-refractivity contribution in [2.24, 2.45) is 5.92 Å². The number of carbonyl (C=O) groups is 2. The van der Waals surface area contributed by atoms with E-state index in [0.717, 1.165) is 23.2 Å². The molecule has 1 aliphatic rings. The number of carbonyl (C=O) groups excluding carboxylic acids is 2. The Labute approximate surface area is 214 Å². The fraction of sp³-hybridized carbons (Fsp3) is 0.355. The zero-order chi connectivity index (χ0) is 25.7. The minimum atomic E-state index is -0.622. The molecule has 0 radical (unpaired) electrons. The summed E-state index contributed by atoms with van der Waals surface area (Å²) in [5.41, 5.74) is 5.29. The molecule has 1 heterocycles.